The summed E-state index contributed by atoms with van der Waals surface area (Å²) in [5.41, 5.74) is 1.51. The Balaban J connectivity index is 2.33. The van der Waals surface area contributed by atoms with Gasteiger partial charge in [-0.1, -0.05) is 6.92 Å². The number of carbonyl (C=O) groups excluding carboxylic acids is 2. The van der Waals surface area contributed by atoms with Crippen LogP contribution in [0.15, 0.2) is 29.1 Å². The minimum Gasteiger partial charge on any atom is -0.326 e. The van der Waals surface area contributed by atoms with Crippen LogP contribution < -0.4 is 10.9 Å². The van der Waals surface area contributed by atoms with Gasteiger partial charge >= 0.3 is 0 Å². The molecule has 0 atom stereocenters. The number of aromatic amines is 1. The Labute approximate surface area is 115 Å². The van der Waals surface area contributed by atoms with Crippen molar-refractivity contribution >= 4 is 17.9 Å². The van der Waals surface area contributed by atoms with E-state index in [1.807, 2.05) is 0 Å². The highest BCUT2D eigenvalue weighted by Crippen LogP contribution is 2.12. The number of rotatable bonds is 4. The molecule has 1 amide bonds. The summed E-state index contributed by atoms with van der Waals surface area (Å²) in [5, 5.41) is 5.56. The molecule has 1 aromatic heterocycles. The molecular weight excluding hydrogens is 258 g/mol. The van der Waals surface area contributed by atoms with Gasteiger partial charge < -0.3 is 5.32 Å². The molecule has 2 N–H and O–H groups in total. The zero-order chi connectivity index (χ0) is 14.7. The van der Waals surface area contributed by atoms with E-state index in [9.17, 15) is 14.4 Å². The molecule has 0 saturated heterocycles. The molecule has 0 radical (unpaired) electrons. The van der Waals surface area contributed by atoms with Gasteiger partial charge in [0.05, 0.1) is 5.69 Å². The maximum absolute atomic E-state index is 12.0. The predicted octanol–water partition coefficient (Wildman–Crippen LogP) is 1.64. The predicted molar refractivity (Wildman–Crippen MR) is 75.4 cm³/mol. The van der Waals surface area contributed by atoms with Gasteiger partial charge in [0, 0.05) is 17.8 Å². The van der Waals surface area contributed by atoms with Crippen molar-refractivity contribution < 1.29 is 9.59 Å². The van der Waals surface area contributed by atoms with E-state index in [0.717, 1.165) is 0 Å². The van der Waals surface area contributed by atoms with Crippen LogP contribution in [0.1, 0.15) is 29.4 Å². The second kappa shape index (κ2) is 5.56. The van der Waals surface area contributed by atoms with Crippen molar-refractivity contribution in [1.29, 1.82) is 0 Å². The quantitative estimate of drug-likeness (QED) is 0.830. The summed E-state index contributed by atoms with van der Waals surface area (Å²) in [6.45, 7) is 3.43. The third-order valence-electron chi connectivity index (χ3n) is 2.97. The van der Waals surface area contributed by atoms with E-state index in [4.69, 9.17) is 0 Å². The third kappa shape index (κ3) is 2.54. The van der Waals surface area contributed by atoms with E-state index in [1.165, 1.54) is 4.68 Å². The first-order valence-electron chi connectivity index (χ1n) is 6.24. The molecule has 0 aliphatic rings. The van der Waals surface area contributed by atoms with Gasteiger partial charge in [-0.3, -0.25) is 19.5 Å². The van der Waals surface area contributed by atoms with Crippen molar-refractivity contribution in [2.24, 2.45) is 0 Å². The summed E-state index contributed by atoms with van der Waals surface area (Å²) in [4.78, 5) is 34.0. The van der Waals surface area contributed by atoms with Gasteiger partial charge in [0.1, 0.15) is 5.56 Å². The summed E-state index contributed by atoms with van der Waals surface area (Å²) in [6.07, 6.45) is 0.945. The number of carbonyl (C=O) groups is 2. The number of benzene rings is 1. The molecule has 6 heteroatoms. The highest BCUT2D eigenvalue weighted by atomic mass is 16.2. The number of aldehydes is 1. The van der Waals surface area contributed by atoms with Gasteiger partial charge in [0.25, 0.3) is 5.56 Å². The molecule has 0 saturated carbocycles. The highest BCUT2D eigenvalue weighted by molar-refractivity contribution is 5.90. The van der Waals surface area contributed by atoms with Gasteiger partial charge in [-0.25, -0.2) is 4.68 Å². The number of hydrogen-bond acceptors (Lipinski definition) is 3. The van der Waals surface area contributed by atoms with Crippen molar-refractivity contribution in [3.05, 3.63) is 45.9 Å². The molecule has 1 heterocycles. The number of hydrogen-bond donors (Lipinski definition) is 2. The van der Waals surface area contributed by atoms with E-state index < -0.39 is 0 Å². The number of nitrogens with one attached hydrogen (secondary N) is 2. The van der Waals surface area contributed by atoms with Gasteiger partial charge in [-0.05, 0) is 31.2 Å². The Morgan fingerprint density at radius 3 is 2.50 bits per heavy atom. The minimum atomic E-state index is -0.386. The number of aromatic nitrogens is 2. The molecule has 0 spiro atoms. The third-order valence-corrected chi connectivity index (χ3v) is 2.97. The van der Waals surface area contributed by atoms with E-state index >= 15 is 0 Å². The van der Waals surface area contributed by atoms with Crippen molar-refractivity contribution in [2.45, 2.75) is 20.3 Å². The topological polar surface area (TPSA) is 84.0 Å². The summed E-state index contributed by atoms with van der Waals surface area (Å²) in [6, 6.07) is 6.78. The molecular formula is C14H15N3O3. The lowest BCUT2D eigenvalue weighted by atomic mass is 10.2. The van der Waals surface area contributed by atoms with Crippen molar-refractivity contribution in [3.8, 4) is 5.69 Å². The summed E-state index contributed by atoms with van der Waals surface area (Å²) < 4.78 is 1.30. The van der Waals surface area contributed by atoms with Gasteiger partial charge in [-0.15, -0.1) is 0 Å². The first kappa shape index (κ1) is 13.8. The fourth-order valence-corrected chi connectivity index (χ4v) is 1.82. The lowest BCUT2D eigenvalue weighted by molar-refractivity contribution is -0.115. The van der Waals surface area contributed by atoms with Crippen LogP contribution in [0.4, 0.5) is 5.69 Å². The Morgan fingerprint density at radius 2 is 2.00 bits per heavy atom. The van der Waals surface area contributed by atoms with Crippen LogP contribution in [0.2, 0.25) is 0 Å². The molecule has 0 aliphatic heterocycles. The van der Waals surface area contributed by atoms with Crippen LogP contribution >= 0.6 is 0 Å². The largest absolute Gasteiger partial charge is 0.326 e. The van der Waals surface area contributed by atoms with Gasteiger partial charge in [0.2, 0.25) is 5.91 Å². The summed E-state index contributed by atoms with van der Waals surface area (Å²) in [7, 11) is 0. The molecule has 20 heavy (non-hydrogen) atoms. The summed E-state index contributed by atoms with van der Waals surface area (Å²) in [5.74, 6) is -0.0751. The number of amides is 1. The Bertz CT molecular complexity index is 695. The highest BCUT2D eigenvalue weighted by Gasteiger charge is 2.11. The molecule has 2 aromatic rings. The van der Waals surface area contributed by atoms with E-state index in [2.05, 4.69) is 10.4 Å². The molecule has 2 rings (SSSR count). The standard InChI is InChI=1S/C14H15N3O3/c1-3-13(19)15-10-4-6-11(7-5-10)17-14(20)12(8-18)9(2)16-17/h4-8,16H,3H2,1-2H3,(H,15,19). The maximum atomic E-state index is 12.0. The first-order valence-corrected chi connectivity index (χ1v) is 6.24. The first-order chi connectivity index (χ1) is 9.56. The lowest BCUT2D eigenvalue weighted by Gasteiger charge is -2.05. The monoisotopic (exact) mass is 273 g/mol. The number of nitrogens with zero attached hydrogens (tertiary/aromatic N) is 1. The normalized spacial score (nSPS) is 10.3. The fourth-order valence-electron chi connectivity index (χ4n) is 1.82. The van der Waals surface area contributed by atoms with Crippen LogP contribution in [0, 0.1) is 6.92 Å². The number of H-pyrrole nitrogens is 1. The average Bonchev–Trinajstić information content (AvgIpc) is 2.74. The Kier molecular flexibility index (Phi) is 3.84. The zero-order valence-electron chi connectivity index (χ0n) is 11.3. The SMILES string of the molecule is CCC(=O)Nc1ccc(-n2[nH]c(C)c(C=O)c2=O)cc1. The Hall–Kier alpha value is -2.63. The minimum absolute atomic E-state index is 0.0751. The van der Waals surface area contributed by atoms with Crippen LogP contribution in [-0.2, 0) is 4.79 Å². The van der Waals surface area contributed by atoms with Crippen molar-refractivity contribution in [2.75, 3.05) is 5.32 Å². The van der Waals surface area contributed by atoms with Crippen LogP contribution in [0.5, 0.6) is 0 Å². The maximum Gasteiger partial charge on any atom is 0.282 e. The molecule has 0 bridgehead atoms. The molecule has 0 aliphatic carbocycles. The summed E-state index contributed by atoms with van der Waals surface area (Å²) >= 11 is 0. The molecule has 104 valence electrons. The van der Waals surface area contributed by atoms with Crippen LogP contribution in [0.3, 0.4) is 0 Å². The van der Waals surface area contributed by atoms with Gasteiger partial charge in [-0.2, -0.15) is 0 Å². The van der Waals surface area contributed by atoms with Crippen LogP contribution in [0.25, 0.3) is 5.69 Å². The molecule has 0 unspecified atom stereocenters. The molecule has 6 nitrogen and oxygen atoms in total. The lowest BCUT2D eigenvalue weighted by Crippen LogP contribution is -2.17. The number of anilines is 1. The molecule has 0 fully saturated rings. The van der Waals surface area contributed by atoms with Crippen molar-refractivity contribution in [3.63, 3.8) is 0 Å². The molecule has 1 aromatic carbocycles. The average molecular weight is 273 g/mol. The second-order valence-electron chi connectivity index (χ2n) is 4.36. The number of aryl methyl sites for hydroxylation is 1. The van der Waals surface area contributed by atoms with Gasteiger partial charge in [0.15, 0.2) is 6.29 Å². The fraction of sp³-hybridized carbons (Fsp3) is 0.214. The van der Waals surface area contributed by atoms with E-state index in [1.54, 1.807) is 38.1 Å². The van der Waals surface area contributed by atoms with Crippen molar-refractivity contribution in [1.82, 2.24) is 9.78 Å². The van der Waals surface area contributed by atoms with E-state index in [0.29, 0.717) is 29.8 Å². The Morgan fingerprint density at radius 1 is 1.35 bits per heavy atom. The smallest absolute Gasteiger partial charge is 0.282 e. The van der Waals surface area contributed by atoms with Crippen LogP contribution in [-0.4, -0.2) is 22.0 Å². The van der Waals surface area contributed by atoms with E-state index in [-0.39, 0.29) is 17.0 Å². The second-order valence-corrected chi connectivity index (χ2v) is 4.36. The zero-order valence-corrected chi connectivity index (χ0v) is 11.3.